The van der Waals surface area contributed by atoms with Crippen LogP contribution in [0.5, 0.6) is 11.5 Å². The Bertz CT molecular complexity index is 529. The second-order valence-electron chi connectivity index (χ2n) is 3.60. The van der Waals surface area contributed by atoms with Crippen LogP contribution in [-0.4, -0.2) is 21.6 Å². The number of benzene rings is 1. The third-order valence-electron chi connectivity index (χ3n) is 2.26. The molecule has 1 aliphatic heterocycles. The molecule has 0 saturated carbocycles. The second-order valence-corrected chi connectivity index (χ2v) is 6.38. The van der Waals surface area contributed by atoms with Crippen molar-refractivity contribution >= 4 is 19.7 Å². The van der Waals surface area contributed by atoms with Crippen LogP contribution in [0.15, 0.2) is 12.1 Å². The normalized spacial score (nSPS) is 15.4. The van der Waals surface area contributed by atoms with E-state index in [1.165, 1.54) is 6.07 Å². The monoisotopic (exact) mass is 280 g/mol. The van der Waals surface area contributed by atoms with Gasteiger partial charge in [-0.2, -0.15) is 0 Å². The van der Waals surface area contributed by atoms with Crippen LogP contribution in [0, 0.1) is 5.82 Å². The van der Waals surface area contributed by atoms with Crippen LogP contribution < -0.4 is 9.47 Å². The van der Waals surface area contributed by atoms with Gasteiger partial charge in [-0.25, -0.2) is 12.8 Å². The van der Waals surface area contributed by atoms with Crippen molar-refractivity contribution in [3.8, 4) is 11.5 Å². The van der Waals surface area contributed by atoms with E-state index in [0.717, 1.165) is 6.07 Å². The van der Waals surface area contributed by atoms with Crippen molar-refractivity contribution < 1.29 is 22.3 Å². The number of halogens is 2. The summed E-state index contributed by atoms with van der Waals surface area (Å²) in [4.78, 5) is 0. The van der Waals surface area contributed by atoms with Gasteiger partial charge in [0.05, 0.1) is 19.0 Å². The molecule has 1 aromatic carbocycles. The summed E-state index contributed by atoms with van der Waals surface area (Å²) in [6, 6.07) is 2.48. The minimum Gasteiger partial charge on any atom is -0.489 e. The number of ether oxygens (including phenoxy) is 2. The van der Waals surface area contributed by atoms with Gasteiger partial charge in [-0.3, -0.25) is 0 Å². The van der Waals surface area contributed by atoms with E-state index >= 15 is 0 Å². The van der Waals surface area contributed by atoms with Crippen LogP contribution in [0.1, 0.15) is 12.0 Å². The molecule has 1 heterocycles. The SMILES string of the molecule is O=S(=O)(Cl)Cc1ccc(F)c2c1OCCCO2. The summed E-state index contributed by atoms with van der Waals surface area (Å²) >= 11 is 0. The molecular formula is C10H10ClFO4S. The zero-order valence-corrected chi connectivity index (χ0v) is 10.4. The van der Waals surface area contributed by atoms with E-state index in [2.05, 4.69) is 0 Å². The molecular weight excluding hydrogens is 271 g/mol. The number of hydrogen-bond donors (Lipinski definition) is 0. The van der Waals surface area contributed by atoms with E-state index < -0.39 is 20.6 Å². The summed E-state index contributed by atoms with van der Waals surface area (Å²) in [6.45, 7) is 0.687. The Kier molecular flexibility index (Phi) is 3.44. The molecule has 17 heavy (non-hydrogen) atoms. The van der Waals surface area contributed by atoms with Gasteiger partial charge in [-0.15, -0.1) is 0 Å². The number of hydrogen-bond acceptors (Lipinski definition) is 4. The summed E-state index contributed by atoms with van der Waals surface area (Å²) in [5.41, 5.74) is 0.304. The molecule has 0 unspecified atom stereocenters. The first-order chi connectivity index (χ1) is 7.97. The lowest BCUT2D eigenvalue weighted by Gasteiger charge is -2.12. The first kappa shape index (κ1) is 12.4. The number of fused-ring (bicyclic) bond motifs is 1. The predicted molar refractivity (Wildman–Crippen MR) is 60.5 cm³/mol. The highest BCUT2D eigenvalue weighted by molar-refractivity contribution is 8.13. The summed E-state index contributed by atoms with van der Waals surface area (Å²) < 4.78 is 46.1. The first-order valence-electron chi connectivity index (χ1n) is 4.97. The molecule has 7 heteroatoms. The molecule has 0 fully saturated rings. The Morgan fingerprint density at radius 2 is 1.88 bits per heavy atom. The molecule has 0 amide bonds. The van der Waals surface area contributed by atoms with E-state index in [4.69, 9.17) is 20.2 Å². The Hall–Kier alpha value is -1.01. The van der Waals surface area contributed by atoms with Crippen molar-refractivity contribution in [2.75, 3.05) is 13.2 Å². The Morgan fingerprint density at radius 1 is 1.24 bits per heavy atom. The molecule has 0 saturated heterocycles. The van der Waals surface area contributed by atoms with Crippen LogP contribution >= 0.6 is 10.7 Å². The van der Waals surface area contributed by atoms with E-state index in [0.29, 0.717) is 25.2 Å². The van der Waals surface area contributed by atoms with Crippen molar-refractivity contribution in [2.45, 2.75) is 12.2 Å². The highest BCUT2D eigenvalue weighted by Gasteiger charge is 2.21. The van der Waals surface area contributed by atoms with Gasteiger partial charge < -0.3 is 9.47 Å². The lowest BCUT2D eigenvalue weighted by atomic mass is 10.2. The van der Waals surface area contributed by atoms with E-state index in [1.54, 1.807) is 0 Å². The molecule has 1 aliphatic rings. The minimum atomic E-state index is -3.72. The molecule has 0 aliphatic carbocycles. The molecule has 0 N–H and O–H groups in total. The van der Waals surface area contributed by atoms with E-state index in [-0.39, 0.29) is 11.5 Å². The zero-order chi connectivity index (χ0) is 12.5. The van der Waals surface area contributed by atoms with Gasteiger partial charge in [0.1, 0.15) is 0 Å². The van der Waals surface area contributed by atoms with Gasteiger partial charge in [0, 0.05) is 22.7 Å². The van der Waals surface area contributed by atoms with Crippen LogP contribution in [0.2, 0.25) is 0 Å². The number of rotatable bonds is 2. The van der Waals surface area contributed by atoms with Gasteiger partial charge in [0.2, 0.25) is 9.05 Å². The maximum absolute atomic E-state index is 13.5. The average molecular weight is 281 g/mol. The van der Waals surface area contributed by atoms with E-state index in [9.17, 15) is 12.8 Å². The van der Waals surface area contributed by atoms with Gasteiger partial charge in [-0.05, 0) is 6.07 Å². The predicted octanol–water partition coefficient (Wildman–Crippen LogP) is 2.06. The fourth-order valence-electron chi connectivity index (χ4n) is 1.58. The third kappa shape index (κ3) is 3.01. The fraction of sp³-hybridized carbons (Fsp3) is 0.400. The minimum absolute atomic E-state index is 0.0414. The summed E-state index contributed by atoms with van der Waals surface area (Å²) in [5, 5.41) is 0. The topological polar surface area (TPSA) is 52.6 Å². The molecule has 0 spiro atoms. The van der Waals surface area contributed by atoms with Crippen molar-refractivity contribution in [3.63, 3.8) is 0 Å². The standard InChI is InChI=1S/C10H10ClFO4S/c11-17(13,14)6-7-2-3-8(12)10-9(7)15-4-1-5-16-10/h2-3H,1,4-6H2. The van der Waals surface area contributed by atoms with Gasteiger partial charge in [0.25, 0.3) is 0 Å². The zero-order valence-electron chi connectivity index (χ0n) is 8.78. The molecule has 4 nitrogen and oxygen atoms in total. The van der Waals surface area contributed by atoms with Crippen molar-refractivity contribution in [1.29, 1.82) is 0 Å². The quantitative estimate of drug-likeness (QED) is 0.778. The van der Waals surface area contributed by atoms with Crippen molar-refractivity contribution in [3.05, 3.63) is 23.5 Å². The smallest absolute Gasteiger partial charge is 0.236 e. The third-order valence-corrected chi connectivity index (χ3v) is 3.24. The maximum Gasteiger partial charge on any atom is 0.236 e. The maximum atomic E-state index is 13.5. The highest BCUT2D eigenvalue weighted by Crippen LogP contribution is 2.37. The lowest BCUT2D eigenvalue weighted by molar-refractivity contribution is 0.292. The fourth-order valence-corrected chi connectivity index (χ4v) is 2.53. The van der Waals surface area contributed by atoms with Crippen molar-refractivity contribution in [2.24, 2.45) is 0 Å². The molecule has 94 valence electrons. The van der Waals surface area contributed by atoms with Gasteiger partial charge in [-0.1, -0.05) is 6.07 Å². The molecule has 0 aromatic heterocycles. The summed E-state index contributed by atoms with van der Waals surface area (Å²) in [6.07, 6.45) is 0.612. The molecule has 0 bridgehead atoms. The van der Waals surface area contributed by atoms with Crippen LogP contribution in [0.3, 0.4) is 0 Å². The van der Waals surface area contributed by atoms with Crippen LogP contribution in [0.4, 0.5) is 4.39 Å². The Labute approximate surface area is 103 Å². The van der Waals surface area contributed by atoms with Gasteiger partial charge in [0.15, 0.2) is 17.3 Å². The summed E-state index contributed by atoms with van der Waals surface area (Å²) in [7, 11) is 1.45. The average Bonchev–Trinajstić information content (AvgIpc) is 2.46. The van der Waals surface area contributed by atoms with Gasteiger partial charge >= 0.3 is 0 Å². The highest BCUT2D eigenvalue weighted by atomic mass is 35.7. The lowest BCUT2D eigenvalue weighted by Crippen LogP contribution is -2.02. The first-order valence-corrected chi connectivity index (χ1v) is 7.44. The van der Waals surface area contributed by atoms with Crippen LogP contribution in [0.25, 0.3) is 0 Å². The van der Waals surface area contributed by atoms with Crippen molar-refractivity contribution in [1.82, 2.24) is 0 Å². The molecule has 0 radical (unpaired) electrons. The van der Waals surface area contributed by atoms with Crippen LogP contribution in [-0.2, 0) is 14.8 Å². The Morgan fingerprint density at radius 3 is 2.53 bits per heavy atom. The Balaban J connectivity index is 2.47. The molecule has 2 rings (SSSR count). The largest absolute Gasteiger partial charge is 0.489 e. The molecule has 0 atom stereocenters. The molecule has 1 aromatic rings. The van der Waals surface area contributed by atoms with E-state index in [1.807, 2.05) is 0 Å². The summed E-state index contributed by atoms with van der Waals surface area (Å²) in [5.74, 6) is -0.898. The second kappa shape index (κ2) is 4.70.